The number of hydrogen-bond acceptors (Lipinski definition) is 5. The monoisotopic (exact) mass is 275 g/mol. The Balaban J connectivity index is 2.36. The molecule has 1 aromatic heterocycles. The lowest BCUT2D eigenvalue weighted by molar-refractivity contribution is 0.0477. The second-order valence-corrected chi connectivity index (χ2v) is 4.29. The Morgan fingerprint density at radius 3 is 2.90 bits per heavy atom. The maximum absolute atomic E-state index is 12.0. The minimum Gasteiger partial charge on any atom is -0.465 e. The van der Waals surface area contributed by atoms with Gasteiger partial charge in [-0.3, -0.25) is 0 Å². The highest BCUT2D eigenvalue weighted by Gasteiger charge is 2.18. The number of nitrogens with zero attached hydrogens (tertiary/aromatic N) is 1. The third kappa shape index (κ3) is 3.05. The quantitative estimate of drug-likeness (QED) is 0.498. The average molecular weight is 275 g/mol. The van der Waals surface area contributed by atoms with Gasteiger partial charge in [0.15, 0.2) is 18.2 Å². The van der Waals surface area contributed by atoms with Crippen LogP contribution >= 0.6 is 0 Å². The van der Waals surface area contributed by atoms with E-state index in [1.54, 1.807) is 6.20 Å². The summed E-state index contributed by atoms with van der Waals surface area (Å²) in [7, 11) is 0. The summed E-state index contributed by atoms with van der Waals surface area (Å²) in [6.07, 6.45) is 3.34. The van der Waals surface area contributed by atoms with E-state index in [1.807, 2.05) is 31.2 Å². The van der Waals surface area contributed by atoms with Gasteiger partial charge in [0.05, 0.1) is 6.61 Å². The van der Waals surface area contributed by atoms with Crippen LogP contribution in [0.15, 0.2) is 30.5 Å². The standard InChI is InChI=1S/C15H17NO4/c1-2-3-8-19-15(18)13-14(20-10-17)12-7-5-4-6-11(12)9-16-13/h4-7,9,17H,2-3,8,10H2,1H3. The van der Waals surface area contributed by atoms with Crippen LogP contribution in [0.1, 0.15) is 30.3 Å². The van der Waals surface area contributed by atoms with E-state index in [2.05, 4.69) is 4.98 Å². The Morgan fingerprint density at radius 2 is 2.15 bits per heavy atom. The van der Waals surface area contributed by atoms with Crippen molar-refractivity contribution in [2.45, 2.75) is 19.8 Å². The molecule has 0 saturated carbocycles. The van der Waals surface area contributed by atoms with Crippen LogP contribution < -0.4 is 4.74 Å². The summed E-state index contributed by atoms with van der Waals surface area (Å²) < 4.78 is 10.3. The number of pyridine rings is 1. The maximum Gasteiger partial charge on any atom is 0.360 e. The minimum atomic E-state index is -0.535. The van der Waals surface area contributed by atoms with E-state index in [1.165, 1.54) is 0 Å². The summed E-state index contributed by atoms with van der Waals surface area (Å²) in [5.41, 5.74) is 0.0915. The van der Waals surface area contributed by atoms with Crippen molar-refractivity contribution in [3.63, 3.8) is 0 Å². The molecular formula is C15H17NO4. The lowest BCUT2D eigenvalue weighted by Gasteiger charge is -2.11. The van der Waals surface area contributed by atoms with Crippen molar-refractivity contribution in [1.82, 2.24) is 4.98 Å². The van der Waals surface area contributed by atoms with Gasteiger partial charge in [-0.05, 0) is 6.42 Å². The van der Waals surface area contributed by atoms with Gasteiger partial charge in [0, 0.05) is 17.0 Å². The number of benzene rings is 1. The van der Waals surface area contributed by atoms with Gasteiger partial charge in [0.25, 0.3) is 0 Å². The highest BCUT2D eigenvalue weighted by molar-refractivity contribution is 5.99. The van der Waals surface area contributed by atoms with Crippen molar-refractivity contribution >= 4 is 16.7 Å². The van der Waals surface area contributed by atoms with Gasteiger partial charge in [0.2, 0.25) is 0 Å². The maximum atomic E-state index is 12.0. The molecule has 0 aliphatic heterocycles. The molecule has 2 rings (SSSR count). The van der Waals surface area contributed by atoms with Crippen molar-refractivity contribution < 1.29 is 19.4 Å². The van der Waals surface area contributed by atoms with Crippen LogP contribution in [0.4, 0.5) is 0 Å². The van der Waals surface area contributed by atoms with E-state index in [9.17, 15) is 4.79 Å². The molecule has 5 heteroatoms. The minimum absolute atomic E-state index is 0.0915. The Bertz CT molecular complexity index is 597. The second-order valence-electron chi connectivity index (χ2n) is 4.29. The van der Waals surface area contributed by atoms with E-state index in [4.69, 9.17) is 14.6 Å². The third-order valence-electron chi connectivity index (χ3n) is 2.89. The van der Waals surface area contributed by atoms with Crippen molar-refractivity contribution in [1.29, 1.82) is 0 Å². The first-order valence-electron chi connectivity index (χ1n) is 6.56. The Labute approximate surface area is 117 Å². The molecule has 1 N–H and O–H groups in total. The number of aromatic nitrogens is 1. The van der Waals surface area contributed by atoms with Crippen LogP contribution in [0.5, 0.6) is 5.75 Å². The summed E-state index contributed by atoms with van der Waals surface area (Å²) in [5, 5.41) is 10.6. The Morgan fingerprint density at radius 1 is 1.35 bits per heavy atom. The fraction of sp³-hybridized carbons (Fsp3) is 0.333. The molecule has 0 aliphatic rings. The first-order valence-corrected chi connectivity index (χ1v) is 6.56. The summed E-state index contributed by atoms with van der Waals surface area (Å²) in [5.74, 6) is -0.278. The number of carbonyl (C=O) groups is 1. The number of aliphatic hydroxyl groups is 1. The molecule has 0 saturated heterocycles. The molecular weight excluding hydrogens is 258 g/mol. The largest absolute Gasteiger partial charge is 0.465 e. The van der Waals surface area contributed by atoms with Gasteiger partial charge >= 0.3 is 5.97 Å². The van der Waals surface area contributed by atoms with Crippen LogP contribution in [0.25, 0.3) is 10.8 Å². The van der Waals surface area contributed by atoms with Crippen LogP contribution in [0.3, 0.4) is 0 Å². The zero-order valence-electron chi connectivity index (χ0n) is 11.3. The van der Waals surface area contributed by atoms with Crippen LogP contribution in [0.2, 0.25) is 0 Å². The summed E-state index contributed by atoms with van der Waals surface area (Å²) in [4.78, 5) is 16.1. The summed E-state index contributed by atoms with van der Waals surface area (Å²) in [6.45, 7) is 1.84. The zero-order valence-corrected chi connectivity index (χ0v) is 11.3. The molecule has 0 fully saturated rings. The number of unbranched alkanes of at least 4 members (excludes halogenated alkanes) is 1. The zero-order chi connectivity index (χ0) is 14.4. The van der Waals surface area contributed by atoms with Crippen molar-refractivity contribution in [3.8, 4) is 5.75 Å². The van der Waals surface area contributed by atoms with Gasteiger partial charge in [0.1, 0.15) is 0 Å². The molecule has 1 aromatic carbocycles. The molecule has 0 atom stereocenters. The van der Waals surface area contributed by atoms with Gasteiger partial charge < -0.3 is 14.6 Å². The van der Waals surface area contributed by atoms with Crippen LogP contribution in [-0.2, 0) is 4.74 Å². The van der Waals surface area contributed by atoms with Gasteiger partial charge in [-0.1, -0.05) is 37.6 Å². The highest BCUT2D eigenvalue weighted by Crippen LogP contribution is 2.28. The predicted molar refractivity (Wildman–Crippen MR) is 74.6 cm³/mol. The van der Waals surface area contributed by atoms with Crippen molar-refractivity contribution in [2.75, 3.05) is 13.4 Å². The average Bonchev–Trinajstić information content (AvgIpc) is 2.48. The molecule has 2 aromatic rings. The Hall–Kier alpha value is -2.14. The number of esters is 1. The van der Waals surface area contributed by atoms with Crippen molar-refractivity contribution in [3.05, 3.63) is 36.2 Å². The number of hydrogen-bond donors (Lipinski definition) is 1. The number of rotatable bonds is 6. The molecule has 0 unspecified atom stereocenters. The normalized spacial score (nSPS) is 10.5. The summed E-state index contributed by atoms with van der Waals surface area (Å²) >= 11 is 0. The number of fused-ring (bicyclic) bond motifs is 1. The van der Waals surface area contributed by atoms with Gasteiger partial charge in [-0.2, -0.15) is 0 Å². The first kappa shape index (κ1) is 14.3. The third-order valence-corrected chi connectivity index (χ3v) is 2.89. The lowest BCUT2D eigenvalue weighted by atomic mass is 10.1. The highest BCUT2D eigenvalue weighted by atomic mass is 16.6. The molecule has 0 aliphatic carbocycles. The SMILES string of the molecule is CCCCOC(=O)c1ncc2ccccc2c1OCO. The van der Waals surface area contributed by atoms with E-state index in [0.717, 1.165) is 23.6 Å². The van der Waals surface area contributed by atoms with E-state index >= 15 is 0 Å². The fourth-order valence-electron chi connectivity index (χ4n) is 1.87. The number of aliphatic hydroxyl groups excluding tert-OH is 1. The van der Waals surface area contributed by atoms with E-state index in [-0.39, 0.29) is 11.4 Å². The molecule has 0 radical (unpaired) electrons. The number of carbonyl (C=O) groups excluding carboxylic acids is 1. The molecule has 0 amide bonds. The van der Waals surface area contributed by atoms with Gasteiger partial charge in [-0.15, -0.1) is 0 Å². The smallest absolute Gasteiger partial charge is 0.360 e. The van der Waals surface area contributed by atoms with Crippen LogP contribution in [0, 0.1) is 0 Å². The summed E-state index contributed by atoms with van der Waals surface area (Å²) in [6, 6.07) is 7.37. The lowest BCUT2D eigenvalue weighted by Crippen LogP contribution is -2.11. The predicted octanol–water partition coefficient (Wildman–Crippen LogP) is 2.52. The molecule has 0 bridgehead atoms. The van der Waals surface area contributed by atoms with E-state index < -0.39 is 12.8 Å². The topological polar surface area (TPSA) is 68.7 Å². The number of ether oxygens (including phenoxy) is 2. The first-order chi connectivity index (χ1) is 9.77. The second kappa shape index (κ2) is 6.86. The van der Waals surface area contributed by atoms with E-state index in [0.29, 0.717) is 6.61 Å². The molecule has 20 heavy (non-hydrogen) atoms. The molecule has 106 valence electrons. The van der Waals surface area contributed by atoms with Gasteiger partial charge in [-0.25, -0.2) is 9.78 Å². The van der Waals surface area contributed by atoms with Crippen LogP contribution in [-0.4, -0.2) is 29.5 Å². The van der Waals surface area contributed by atoms with Crippen molar-refractivity contribution in [2.24, 2.45) is 0 Å². The molecule has 1 heterocycles. The fourth-order valence-corrected chi connectivity index (χ4v) is 1.87. The Kier molecular flexibility index (Phi) is 4.90. The molecule has 5 nitrogen and oxygen atoms in total. The molecule has 0 spiro atoms.